The molecule has 0 aromatic carbocycles. The SMILES string of the molecule is ClOB(OCl)Oc1ccco1. The number of furan rings is 1. The number of hydrogen-bond donors (Lipinski definition) is 0. The maximum absolute atomic E-state index is 4.91. The van der Waals surface area contributed by atoms with Gasteiger partial charge in [0, 0.05) is 29.8 Å². The molecule has 0 aliphatic rings. The normalized spacial score (nSPS) is 9.64. The first-order valence-corrected chi connectivity index (χ1v) is 3.23. The first-order chi connectivity index (χ1) is 5.36. The lowest BCUT2D eigenvalue weighted by atomic mass is 10.3. The van der Waals surface area contributed by atoms with E-state index in [2.05, 4.69) is 8.41 Å². The lowest BCUT2D eigenvalue weighted by Crippen LogP contribution is -2.23. The van der Waals surface area contributed by atoms with Gasteiger partial charge in [-0.25, -0.2) is 0 Å². The molecule has 0 amide bonds. The van der Waals surface area contributed by atoms with E-state index in [1.54, 1.807) is 12.1 Å². The largest absolute Gasteiger partial charge is 0.749 e. The molecule has 4 nitrogen and oxygen atoms in total. The molecular formula is C4H3BCl2O4. The predicted octanol–water partition coefficient (Wildman–Crippen LogP) is 1.98. The molecule has 0 aliphatic heterocycles. The van der Waals surface area contributed by atoms with Crippen molar-refractivity contribution in [3.8, 4) is 5.95 Å². The van der Waals surface area contributed by atoms with E-state index in [4.69, 9.17) is 32.8 Å². The van der Waals surface area contributed by atoms with Crippen LogP contribution < -0.4 is 4.65 Å². The fourth-order valence-electron chi connectivity index (χ4n) is 0.475. The van der Waals surface area contributed by atoms with Crippen molar-refractivity contribution in [3.63, 3.8) is 0 Å². The van der Waals surface area contributed by atoms with Crippen molar-refractivity contribution in [2.45, 2.75) is 0 Å². The van der Waals surface area contributed by atoms with Crippen LogP contribution in [0, 0.1) is 0 Å². The Morgan fingerprint density at radius 2 is 2.09 bits per heavy atom. The van der Waals surface area contributed by atoms with Crippen LogP contribution in [0.25, 0.3) is 0 Å². The van der Waals surface area contributed by atoms with Gasteiger partial charge in [0.25, 0.3) is 5.95 Å². The minimum atomic E-state index is -1.18. The lowest BCUT2D eigenvalue weighted by Gasteiger charge is -2.02. The van der Waals surface area contributed by atoms with Gasteiger partial charge in [0.2, 0.25) is 0 Å². The molecule has 1 aromatic rings. The summed E-state index contributed by atoms with van der Waals surface area (Å²) in [6.07, 6.45) is 1.43. The third-order valence-electron chi connectivity index (χ3n) is 0.853. The van der Waals surface area contributed by atoms with Gasteiger partial charge in [-0.2, -0.15) is 0 Å². The second-order valence-electron chi connectivity index (χ2n) is 1.52. The zero-order chi connectivity index (χ0) is 8.10. The van der Waals surface area contributed by atoms with Crippen molar-refractivity contribution in [2.24, 2.45) is 0 Å². The Morgan fingerprint density at radius 3 is 2.55 bits per heavy atom. The minimum Gasteiger partial charge on any atom is -0.483 e. The molecule has 7 heteroatoms. The highest BCUT2D eigenvalue weighted by Gasteiger charge is 2.24. The van der Waals surface area contributed by atoms with E-state index < -0.39 is 7.32 Å². The number of rotatable bonds is 4. The number of hydrogen-bond acceptors (Lipinski definition) is 4. The Labute approximate surface area is 73.4 Å². The van der Waals surface area contributed by atoms with E-state index in [1.165, 1.54) is 6.26 Å². The summed E-state index contributed by atoms with van der Waals surface area (Å²) in [5.74, 6) is 0.205. The lowest BCUT2D eigenvalue weighted by molar-refractivity contribution is 0.285. The van der Waals surface area contributed by atoms with Gasteiger partial charge in [0.05, 0.1) is 6.26 Å². The van der Waals surface area contributed by atoms with Crippen LogP contribution in [0.4, 0.5) is 0 Å². The first kappa shape index (κ1) is 8.74. The highest BCUT2D eigenvalue weighted by atomic mass is 35.5. The maximum atomic E-state index is 4.91. The van der Waals surface area contributed by atoms with Crippen molar-refractivity contribution >= 4 is 31.1 Å². The fourth-order valence-corrected chi connectivity index (χ4v) is 0.658. The first-order valence-electron chi connectivity index (χ1n) is 2.62. The smallest absolute Gasteiger partial charge is 0.483 e. The third kappa shape index (κ3) is 2.63. The molecule has 1 heterocycles. The van der Waals surface area contributed by atoms with Crippen LogP contribution in [-0.4, -0.2) is 7.32 Å². The molecule has 1 rings (SSSR count). The molecule has 0 spiro atoms. The van der Waals surface area contributed by atoms with Crippen LogP contribution in [0.15, 0.2) is 22.8 Å². The summed E-state index contributed by atoms with van der Waals surface area (Å²) < 4.78 is 17.8. The Balaban J connectivity index is 2.41. The zero-order valence-corrected chi connectivity index (χ0v) is 6.71. The van der Waals surface area contributed by atoms with E-state index in [0.29, 0.717) is 0 Å². The molecule has 0 saturated heterocycles. The van der Waals surface area contributed by atoms with Gasteiger partial charge in [-0.1, -0.05) is 0 Å². The average molecular weight is 197 g/mol. The van der Waals surface area contributed by atoms with Crippen molar-refractivity contribution in [3.05, 3.63) is 18.4 Å². The van der Waals surface area contributed by atoms with Gasteiger partial charge in [0.15, 0.2) is 0 Å². The molecular weight excluding hydrogens is 194 g/mol. The molecule has 0 N–H and O–H groups in total. The van der Waals surface area contributed by atoms with Crippen LogP contribution in [0.1, 0.15) is 0 Å². The van der Waals surface area contributed by atoms with Crippen LogP contribution in [0.3, 0.4) is 0 Å². The summed E-state index contributed by atoms with van der Waals surface area (Å²) in [4.78, 5) is 0. The molecule has 11 heavy (non-hydrogen) atoms. The van der Waals surface area contributed by atoms with Gasteiger partial charge in [-0.3, -0.25) is 8.41 Å². The van der Waals surface area contributed by atoms with Gasteiger partial charge >= 0.3 is 7.32 Å². The average Bonchev–Trinajstić information content (AvgIpc) is 2.52. The molecule has 0 fully saturated rings. The van der Waals surface area contributed by atoms with Crippen LogP contribution in [0.5, 0.6) is 5.95 Å². The Morgan fingerprint density at radius 1 is 1.36 bits per heavy atom. The highest BCUT2D eigenvalue weighted by molar-refractivity contribution is 6.49. The third-order valence-corrected chi connectivity index (χ3v) is 1.14. The molecule has 0 saturated carbocycles. The molecule has 0 unspecified atom stereocenters. The molecule has 1 aromatic heterocycles. The van der Waals surface area contributed by atoms with Gasteiger partial charge < -0.3 is 9.07 Å². The van der Waals surface area contributed by atoms with Crippen LogP contribution in [0.2, 0.25) is 0 Å². The molecule has 0 aliphatic carbocycles. The highest BCUT2D eigenvalue weighted by Crippen LogP contribution is 2.12. The summed E-state index contributed by atoms with van der Waals surface area (Å²) in [6.45, 7) is 0. The summed E-state index contributed by atoms with van der Waals surface area (Å²) >= 11 is 9.82. The van der Waals surface area contributed by atoms with E-state index >= 15 is 0 Å². The van der Waals surface area contributed by atoms with Gasteiger partial charge in [0.1, 0.15) is 0 Å². The van der Waals surface area contributed by atoms with Crippen molar-refractivity contribution < 1.29 is 17.5 Å². The Hall–Kier alpha value is -0.355. The van der Waals surface area contributed by atoms with Crippen molar-refractivity contribution in [1.29, 1.82) is 0 Å². The summed E-state index contributed by atoms with van der Waals surface area (Å²) in [7, 11) is -1.18. The van der Waals surface area contributed by atoms with E-state index in [1.807, 2.05) is 0 Å². The molecule has 0 radical (unpaired) electrons. The van der Waals surface area contributed by atoms with Crippen LogP contribution >= 0.6 is 23.7 Å². The van der Waals surface area contributed by atoms with E-state index in [9.17, 15) is 0 Å². The molecule has 0 atom stereocenters. The number of halogens is 2. The summed E-state index contributed by atoms with van der Waals surface area (Å²) in [5.41, 5.74) is 0. The Kier molecular flexibility index (Phi) is 3.58. The van der Waals surface area contributed by atoms with Gasteiger partial charge in [-0.05, 0) is 6.07 Å². The standard InChI is InChI=1S/C4H3BCl2O4/c6-10-5(11-7)9-4-2-1-3-8-4/h1-3H. The van der Waals surface area contributed by atoms with Crippen molar-refractivity contribution in [1.82, 2.24) is 0 Å². The second kappa shape index (κ2) is 4.51. The monoisotopic (exact) mass is 196 g/mol. The minimum absolute atomic E-state index is 0.205. The topological polar surface area (TPSA) is 40.8 Å². The van der Waals surface area contributed by atoms with Gasteiger partial charge in [-0.15, -0.1) is 0 Å². The molecule has 60 valence electrons. The van der Waals surface area contributed by atoms with E-state index in [-0.39, 0.29) is 5.95 Å². The maximum Gasteiger partial charge on any atom is 0.749 e. The fraction of sp³-hybridized carbons (Fsp3) is 0. The zero-order valence-electron chi connectivity index (χ0n) is 5.20. The second-order valence-corrected chi connectivity index (χ2v) is 1.87. The van der Waals surface area contributed by atoms with Crippen molar-refractivity contribution in [2.75, 3.05) is 0 Å². The molecule has 0 bridgehead atoms. The quantitative estimate of drug-likeness (QED) is 0.691. The van der Waals surface area contributed by atoms with E-state index in [0.717, 1.165) is 0 Å². The summed E-state index contributed by atoms with van der Waals surface area (Å²) in [5, 5.41) is 0. The summed E-state index contributed by atoms with van der Waals surface area (Å²) in [6, 6.07) is 3.19. The predicted molar refractivity (Wildman–Crippen MR) is 39.0 cm³/mol. The van der Waals surface area contributed by atoms with Crippen LogP contribution in [-0.2, 0) is 8.41 Å². The Bertz CT molecular complexity index is 188.